The lowest BCUT2D eigenvalue weighted by Gasteiger charge is -2.10. The van der Waals surface area contributed by atoms with E-state index in [4.69, 9.17) is 4.74 Å². The highest BCUT2D eigenvalue weighted by Gasteiger charge is 2.17. The molecule has 0 N–H and O–H groups in total. The Hall–Kier alpha value is -2.94. The van der Waals surface area contributed by atoms with E-state index in [1.807, 2.05) is 25.1 Å². The fourth-order valence-corrected chi connectivity index (χ4v) is 2.73. The number of fused-ring (bicyclic) bond motifs is 1. The third kappa shape index (κ3) is 2.69. The summed E-state index contributed by atoms with van der Waals surface area (Å²) in [5.74, 6) is -1.25. The highest BCUT2D eigenvalue weighted by atomic mass is 19.1. The first-order valence-corrected chi connectivity index (χ1v) is 7.52. The van der Waals surface area contributed by atoms with Crippen LogP contribution in [-0.2, 0) is 6.54 Å². The average molecular weight is 327 g/mol. The highest BCUT2D eigenvalue weighted by Crippen LogP contribution is 2.26. The number of nitrogens with zero attached hydrogens (tertiary/aromatic N) is 3. The molecule has 0 aliphatic carbocycles. The van der Waals surface area contributed by atoms with Gasteiger partial charge in [0, 0.05) is 23.1 Å². The van der Waals surface area contributed by atoms with Crippen molar-refractivity contribution < 1.29 is 13.5 Å². The predicted octanol–water partition coefficient (Wildman–Crippen LogP) is 3.94. The van der Waals surface area contributed by atoms with Gasteiger partial charge >= 0.3 is 0 Å². The molecule has 0 fully saturated rings. The van der Waals surface area contributed by atoms with Crippen molar-refractivity contribution >= 4 is 10.9 Å². The number of aryl methyl sites for hydroxylation is 1. The van der Waals surface area contributed by atoms with E-state index in [-0.39, 0.29) is 23.6 Å². The molecule has 0 unspecified atom stereocenters. The van der Waals surface area contributed by atoms with E-state index in [1.54, 1.807) is 13.0 Å². The standard InChI is InChI=1S/C18H15F2N3O/c1-3-24-12-7-14(19)13(15(20)8-12)10-23-17-6-4-5-11(2)18(17)16(9-21)22-23/h4-8H,3,10H2,1-2H3. The molecule has 1 heterocycles. The lowest BCUT2D eigenvalue weighted by molar-refractivity contribution is 0.335. The Kier molecular flexibility index (Phi) is 4.17. The summed E-state index contributed by atoms with van der Waals surface area (Å²) in [6.07, 6.45) is 0. The number of hydrogen-bond acceptors (Lipinski definition) is 3. The number of nitriles is 1. The molecule has 0 radical (unpaired) electrons. The maximum Gasteiger partial charge on any atom is 0.170 e. The van der Waals surface area contributed by atoms with E-state index in [0.717, 1.165) is 17.7 Å². The van der Waals surface area contributed by atoms with E-state index in [0.29, 0.717) is 17.5 Å². The minimum absolute atomic E-state index is 0.105. The molecule has 0 atom stereocenters. The molecule has 0 aliphatic rings. The van der Waals surface area contributed by atoms with Crippen molar-refractivity contribution in [2.75, 3.05) is 6.61 Å². The molecule has 0 spiro atoms. The summed E-state index contributed by atoms with van der Waals surface area (Å²) in [6.45, 7) is 3.83. The number of aromatic nitrogens is 2. The third-order valence-corrected chi connectivity index (χ3v) is 3.83. The van der Waals surface area contributed by atoms with Crippen molar-refractivity contribution in [1.82, 2.24) is 9.78 Å². The molecule has 6 heteroatoms. The fraction of sp³-hybridized carbons (Fsp3) is 0.222. The molecule has 0 bridgehead atoms. The Balaban J connectivity index is 2.09. The summed E-state index contributed by atoms with van der Waals surface area (Å²) in [7, 11) is 0. The van der Waals surface area contributed by atoms with Crippen LogP contribution in [0.2, 0.25) is 0 Å². The zero-order chi connectivity index (χ0) is 17.3. The Labute approximate surface area is 137 Å². The molecule has 0 saturated heterocycles. The van der Waals surface area contributed by atoms with E-state index >= 15 is 0 Å². The van der Waals surface area contributed by atoms with Crippen LogP contribution in [0.1, 0.15) is 23.7 Å². The van der Waals surface area contributed by atoms with Crippen LogP contribution in [0.4, 0.5) is 8.78 Å². The molecule has 3 aromatic rings. The van der Waals surface area contributed by atoms with Crippen molar-refractivity contribution in [3.05, 3.63) is 58.8 Å². The Bertz CT molecular complexity index is 934. The van der Waals surface area contributed by atoms with E-state index in [2.05, 4.69) is 5.10 Å². The van der Waals surface area contributed by atoms with Gasteiger partial charge in [0.15, 0.2) is 5.69 Å². The van der Waals surface area contributed by atoms with Crippen molar-refractivity contribution in [2.24, 2.45) is 0 Å². The fourth-order valence-electron chi connectivity index (χ4n) is 2.73. The Morgan fingerprint density at radius 1 is 1.25 bits per heavy atom. The molecule has 3 rings (SSSR count). The second-order valence-electron chi connectivity index (χ2n) is 5.39. The molecule has 1 aromatic heterocycles. The Morgan fingerprint density at radius 2 is 1.96 bits per heavy atom. The number of hydrogen-bond donors (Lipinski definition) is 0. The minimum atomic E-state index is -0.701. The summed E-state index contributed by atoms with van der Waals surface area (Å²) < 4.78 is 35.1. The monoisotopic (exact) mass is 327 g/mol. The smallest absolute Gasteiger partial charge is 0.170 e. The van der Waals surface area contributed by atoms with Gasteiger partial charge in [-0.2, -0.15) is 10.4 Å². The van der Waals surface area contributed by atoms with Gasteiger partial charge in [0.05, 0.1) is 18.7 Å². The SMILES string of the molecule is CCOc1cc(F)c(Cn2nc(C#N)c3c(C)cccc32)c(F)c1. The van der Waals surface area contributed by atoms with Crippen LogP contribution in [0.3, 0.4) is 0 Å². The minimum Gasteiger partial charge on any atom is -0.494 e. The number of rotatable bonds is 4. The van der Waals surface area contributed by atoms with Crippen LogP contribution in [0.25, 0.3) is 10.9 Å². The third-order valence-electron chi connectivity index (χ3n) is 3.83. The molecule has 4 nitrogen and oxygen atoms in total. The zero-order valence-electron chi connectivity index (χ0n) is 13.3. The summed E-state index contributed by atoms with van der Waals surface area (Å²) in [5.41, 5.74) is 1.69. The molecule has 24 heavy (non-hydrogen) atoms. The maximum atomic E-state index is 14.3. The first-order chi connectivity index (χ1) is 11.5. The second kappa shape index (κ2) is 6.28. The van der Waals surface area contributed by atoms with Gasteiger partial charge in [-0.15, -0.1) is 0 Å². The number of ether oxygens (including phenoxy) is 1. The van der Waals surface area contributed by atoms with Crippen LogP contribution < -0.4 is 4.74 Å². The molecule has 2 aromatic carbocycles. The highest BCUT2D eigenvalue weighted by molar-refractivity contribution is 5.87. The van der Waals surface area contributed by atoms with Crippen LogP contribution in [0, 0.1) is 29.9 Å². The maximum absolute atomic E-state index is 14.3. The quantitative estimate of drug-likeness (QED) is 0.729. The van der Waals surface area contributed by atoms with Crippen molar-refractivity contribution in [3.63, 3.8) is 0 Å². The van der Waals surface area contributed by atoms with Gasteiger partial charge in [-0.1, -0.05) is 12.1 Å². The number of halogens is 2. The lowest BCUT2D eigenvalue weighted by atomic mass is 10.1. The van der Waals surface area contributed by atoms with Gasteiger partial charge in [-0.3, -0.25) is 4.68 Å². The van der Waals surface area contributed by atoms with E-state index in [9.17, 15) is 14.0 Å². The van der Waals surface area contributed by atoms with Gasteiger partial charge in [0.25, 0.3) is 0 Å². The van der Waals surface area contributed by atoms with Crippen molar-refractivity contribution in [3.8, 4) is 11.8 Å². The first-order valence-electron chi connectivity index (χ1n) is 7.52. The molecule has 0 saturated carbocycles. The van der Waals surface area contributed by atoms with Crippen LogP contribution >= 0.6 is 0 Å². The summed E-state index contributed by atoms with van der Waals surface area (Å²) in [5, 5.41) is 14.2. The van der Waals surface area contributed by atoms with Crippen molar-refractivity contribution in [2.45, 2.75) is 20.4 Å². The van der Waals surface area contributed by atoms with Gasteiger partial charge in [-0.25, -0.2) is 8.78 Å². The lowest BCUT2D eigenvalue weighted by Crippen LogP contribution is -2.07. The van der Waals surface area contributed by atoms with Gasteiger partial charge in [0.1, 0.15) is 23.5 Å². The van der Waals surface area contributed by atoms with E-state index < -0.39 is 11.6 Å². The summed E-state index contributed by atoms with van der Waals surface area (Å²) in [6, 6.07) is 9.81. The number of benzene rings is 2. The summed E-state index contributed by atoms with van der Waals surface area (Å²) in [4.78, 5) is 0. The van der Waals surface area contributed by atoms with Gasteiger partial charge in [0.2, 0.25) is 0 Å². The average Bonchev–Trinajstić information content (AvgIpc) is 2.90. The largest absolute Gasteiger partial charge is 0.494 e. The molecule has 0 aliphatic heterocycles. The normalized spacial score (nSPS) is 10.8. The van der Waals surface area contributed by atoms with Crippen LogP contribution in [0.5, 0.6) is 5.75 Å². The summed E-state index contributed by atoms with van der Waals surface area (Å²) >= 11 is 0. The predicted molar refractivity (Wildman–Crippen MR) is 85.8 cm³/mol. The first kappa shape index (κ1) is 15.9. The molecule has 0 amide bonds. The van der Waals surface area contributed by atoms with E-state index in [1.165, 1.54) is 4.68 Å². The van der Waals surface area contributed by atoms with Crippen LogP contribution in [0.15, 0.2) is 30.3 Å². The molecular weight excluding hydrogens is 312 g/mol. The topological polar surface area (TPSA) is 50.8 Å². The second-order valence-corrected chi connectivity index (χ2v) is 5.39. The van der Waals surface area contributed by atoms with Crippen molar-refractivity contribution in [1.29, 1.82) is 5.26 Å². The molecule has 122 valence electrons. The zero-order valence-corrected chi connectivity index (χ0v) is 13.3. The molecular formula is C18H15F2N3O. The van der Waals surface area contributed by atoms with Gasteiger partial charge < -0.3 is 4.74 Å². The Morgan fingerprint density at radius 3 is 2.58 bits per heavy atom. The van der Waals surface area contributed by atoms with Gasteiger partial charge in [-0.05, 0) is 25.5 Å². The van der Waals surface area contributed by atoms with Crippen LogP contribution in [-0.4, -0.2) is 16.4 Å².